The summed E-state index contributed by atoms with van der Waals surface area (Å²) in [5.41, 5.74) is 6.96. The minimum Gasteiger partial charge on any atom is -0.444 e. The third-order valence-corrected chi connectivity index (χ3v) is 11.8. The van der Waals surface area contributed by atoms with Gasteiger partial charge >= 0.3 is 19.8 Å². The van der Waals surface area contributed by atoms with E-state index in [2.05, 4.69) is 20.1 Å². The van der Waals surface area contributed by atoms with Crippen molar-refractivity contribution in [2.24, 2.45) is 0 Å². The molecule has 57 heavy (non-hydrogen) atoms. The van der Waals surface area contributed by atoms with Crippen LogP contribution in [0.3, 0.4) is 0 Å². The van der Waals surface area contributed by atoms with Gasteiger partial charge in [0.25, 0.3) is 0 Å². The third kappa shape index (κ3) is 15.9. The van der Waals surface area contributed by atoms with Crippen molar-refractivity contribution in [3.05, 3.63) is 41.5 Å². The van der Waals surface area contributed by atoms with E-state index in [0.717, 1.165) is 68.8 Å². The summed E-state index contributed by atoms with van der Waals surface area (Å²) >= 11 is 0. The average Bonchev–Trinajstić information content (AvgIpc) is 3.14. The Labute approximate surface area is 340 Å². The maximum atomic E-state index is 13.4. The number of rotatable bonds is 18. The Morgan fingerprint density at radius 2 is 1.46 bits per heavy atom. The molecule has 2 amide bonds. The van der Waals surface area contributed by atoms with Gasteiger partial charge in [0.05, 0.1) is 19.4 Å². The number of nitrogens with one attached hydrogen (secondary N) is 1. The number of anilines is 3. The molecule has 0 atom stereocenters. The molecule has 0 unspecified atom stereocenters. The second-order valence-electron chi connectivity index (χ2n) is 16.9. The molecule has 2 aromatic rings. The van der Waals surface area contributed by atoms with Gasteiger partial charge in [-0.2, -0.15) is 9.97 Å². The number of hydrogen-bond acceptors (Lipinski definition) is 13. The summed E-state index contributed by atoms with van der Waals surface area (Å²) in [4.78, 5) is 43.9. The lowest BCUT2D eigenvalue weighted by atomic mass is 9.94. The Balaban J connectivity index is 1.33. The quantitative estimate of drug-likeness (QED) is 0.140. The lowest BCUT2D eigenvalue weighted by Crippen LogP contribution is -2.47. The zero-order chi connectivity index (χ0) is 41.6. The fourth-order valence-corrected chi connectivity index (χ4v) is 8.66. The predicted octanol–water partition coefficient (Wildman–Crippen LogP) is 7.76. The van der Waals surface area contributed by atoms with E-state index >= 15 is 0 Å². The van der Waals surface area contributed by atoms with E-state index in [-0.39, 0.29) is 18.2 Å². The zero-order valence-electron chi connectivity index (χ0n) is 35.8. The summed E-state index contributed by atoms with van der Waals surface area (Å²) in [7, 11) is -3.08. The van der Waals surface area contributed by atoms with Crippen molar-refractivity contribution in [3.8, 4) is 0 Å². The van der Waals surface area contributed by atoms with E-state index in [1.54, 1.807) is 11.0 Å². The molecule has 1 aliphatic heterocycles. The molecule has 15 nitrogen and oxygen atoms in total. The molecule has 2 aliphatic rings. The second-order valence-corrected chi connectivity index (χ2v) is 19.0. The van der Waals surface area contributed by atoms with Crippen LogP contribution in [0.5, 0.6) is 0 Å². The number of nitrogen functional groups attached to an aromatic ring is 1. The number of aromatic nitrogens is 2. The molecule has 2 fully saturated rings. The first kappa shape index (κ1) is 46.0. The fraction of sp³-hybridized carbons (Fsp3) is 0.707. The van der Waals surface area contributed by atoms with Crippen molar-refractivity contribution < 1.29 is 32.7 Å². The molecule has 320 valence electrons. The number of piperazine rings is 1. The normalized spacial score (nSPS) is 16.0. The Morgan fingerprint density at radius 3 is 2.05 bits per heavy atom. The highest BCUT2D eigenvalue weighted by atomic mass is 31.2. The maximum Gasteiger partial charge on any atom is 0.410 e. The molecule has 0 spiro atoms. The van der Waals surface area contributed by atoms with Gasteiger partial charge < -0.3 is 44.3 Å². The third-order valence-electron chi connectivity index (χ3n) is 9.74. The standard InChI is InChI=1S/C41H69N8O7P/c1-9-53-57(52,54-10-2)28-27-46-23-25-47(26-24-46)36-29-35(42)44-37(45-36)43-30-32-17-19-33(20-18-32)31-48(38(50)55-40(3,4)5)21-14-22-49(34-15-12-11-13-16-34)39(51)56-41(6,7)8/h17-20,29,34H,9-16,21-28,30-31H2,1-8H3,(H3,42,43,44,45). The number of ether oxygens (including phenoxy) is 2. The van der Waals surface area contributed by atoms with E-state index in [1.165, 1.54) is 6.42 Å². The van der Waals surface area contributed by atoms with Crippen LogP contribution in [0.25, 0.3) is 0 Å². The van der Waals surface area contributed by atoms with Gasteiger partial charge in [-0.1, -0.05) is 43.5 Å². The van der Waals surface area contributed by atoms with Crippen LogP contribution in [0.15, 0.2) is 30.3 Å². The fourth-order valence-electron chi connectivity index (χ4n) is 7.01. The van der Waals surface area contributed by atoms with Crippen molar-refractivity contribution >= 4 is 37.4 Å². The summed E-state index contributed by atoms with van der Waals surface area (Å²) < 4.78 is 35.4. The summed E-state index contributed by atoms with van der Waals surface area (Å²) in [5.74, 6) is 1.57. The Morgan fingerprint density at radius 1 is 0.860 bits per heavy atom. The van der Waals surface area contributed by atoms with Crippen LogP contribution < -0.4 is 16.0 Å². The van der Waals surface area contributed by atoms with Gasteiger partial charge in [0.15, 0.2) is 0 Å². The number of carbonyl (C=O) groups is 2. The number of hydrogen-bond donors (Lipinski definition) is 2. The largest absolute Gasteiger partial charge is 0.444 e. The summed E-state index contributed by atoms with van der Waals surface area (Å²) in [6.45, 7) is 21.1. The van der Waals surface area contributed by atoms with Crippen molar-refractivity contribution in [1.29, 1.82) is 0 Å². The number of amides is 2. The number of nitrogens with two attached hydrogens (primary N) is 1. The van der Waals surface area contributed by atoms with E-state index in [0.29, 0.717) is 70.3 Å². The highest BCUT2D eigenvalue weighted by molar-refractivity contribution is 7.53. The maximum absolute atomic E-state index is 13.4. The van der Waals surface area contributed by atoms with E-state index in [9.17, 15) is 14.2 Å². The molecule has 0 radical (unpaired) electrons. The zero-order valence-corrected chi connectivity index (χ0v) is 36.7. The molecular formula is C41H69N8O7P. The second kappa shape index (κ2) is 21.4. The van der Waals surface area contributed by atoms with Crippen molar-refractivity contribution in [3.63, 3.8) is 0 Å². The van der Waals surface area contributed by atoms with E-state index in [1.807, 2.05) is 84.6 Å². The Hall–Kier alpha value is -3.65. The van der Waals surface area contributed by atoms with Gasteiger partial charge in [0, 0.05) is 71.0 Å². The minimum atomic E-state index is -3.08. The van der Waals surface area contributed by atoms with Gasteiger partial charge in [-0.3, -0.25) is 9.46 Å². The first-order valence-corrected chi connectivity index (χ1v) is 22.5. The van der Waals surface area contributed by atoms with Gasteiger partial charge in [0.2, 0.25) is 5.95 Å². The molecule has 16 heteroatoms. The molecule has 1 aromatic carbocycles. The number of carbonyl (C=O) groups excluding carboxylic acids is 2. The Kier molecular flexibility index (Phi) is 17.3. The lowest BCUT2D eigenvalue weighted by molar-refractivity contribution is 0.00969. The summed E-state index contributed by atoms with van der Waals surface area (Å²) in [6, 6.07) is 10.00. The molecule has 1 aliphatic carbocycles. The highest BCUT2D eigenvalue weighted by Gasteiger charge is 2.31. The summed E-state index contributed by atoms with van der Waals surface area (Å²) in [5, 5.41) is 3.32. The van der Waals surface area contributed by atoms with Crippen LogP contribution in [-0.4, -0.2) is 119 Å². The van der Waals surface area contributed by atoms with Crippen molar-refractivity contribution in [1.82, 2.24) is 24.7 Å². The minimum absolute atomic E-state index is 0.149. The monoisotopic (exact) mass is 817 g/mol. The van der Waals surface area contributed by atoms with Crippen LogP contribution in [0.1, 0.15) is 105 Å². The van der Waals surface area contributed by atoms with Crippen molar-refractivity contribution in [2.75, 3.05) is 81.1 Å². The van der Waals surface area contributed by atoms with Crippen LogP contribution >= 0.6 is 7.60 Å². The molecule has 4 rings (SSSR count). The molecule has 1 saturated heterocycles. The topological polar surface area (TPSA) is 165 Å². The van der Waals surface area contributed by atoms with Crippen LogP contribution in [-0.2, 0) is 36.2 Å². The Bertz CT molecular complexity index is 1590. The van der Waals surface area contributed by atoms with Crippen LogP contribution in [0.4, 0.5) is 27.2 Å². The molecule has 1 aromatic heterocycles. The van der Waals surface area contributed by atoms with E-state index in [4.69, 9.17) is 29.2 Å². The van der Waals surface area contributed by atoms with Crippen LogP contribution in [0.2, 0.25) is 0 Å². The van der Waals surface area contributed by atoms with E-state index < -0.39 is 18.8 Å². The average molecular weight is 817 g/mol. The van der Waals surface area contributed by atoms with Gasteiger partial charge in [0.1, 0.15) is 22.8 Å². The van der Waals surface area contributed by atoms with Gasteiger partial charge in [-0.25, -0.2) is 9.59 Å². The number of benzene rings is 1. The first-order valence-electron chi connectivity index (χ1n) is 20.7. The predicted molar refractivity (Wildman–Crippen MR) is 226 cm³/mol. The molecular weight excluding hydrogens is 747 g/mol. The summed E-state index contributed by atoms with van der Waals surface area (Å²) in [6.07, 6.45) is 5.61. The SMILES string of the molecule is CCOP(=O)(CCN1CCN(c2cc(N)nc(NCc3ccc(CN(CCCN(C(=O)OC(C)(C)C)C4CCCCC4)C(=O)OC(C)(C)C)cc3)n2)CC1)OCC. The van der Waals surface area contributed by atoms with Crippen LogP contribution in [0, 0.1) is 0 Å². The van der Waals surface area contributed by atoms with Gasteiger partial charge in [-0.05, 0) is 85.8 Å². The molecule has 0 bridgehead atoms. The lowest BCUT2D eigenvalue weighted by Gasteiger charge is -2.36. The molecule has 1 saturated carbocycles. The highest BCUT2D eigenvalue weighted by Crippen LogP contribution is 2.47. The van der Waals surface area contributed by atoms with Gasteiger partial charge in [-0.15, -0.1) is 0 Å². The molecule has 3 N–H and O–H groups in total. The van der Waals surface area contributed by atoms with Crippen molar-refractivity contribution in [2.45, 2.75) is 124 Å². The molecule has 2 heterocycles. The number of nitrogens with zero attached hydrogens (tertiary/aromatic N) is 6. The smallest absolute Gasteiger partial charge is 0.410 e. The first-order chi connectivity index (χ1) is 27.0.